The number of halogens is 2. The van der Waals surface area contributed by atoms with Crippen LogP contribution in [0.2, 0.25) is 0 Å². The summed E-state index contributed by atoms with van der Waals surface area (Å²) in [7, 11) is 0. The molecule has 0 bridgehead atoms. The average molecular weight is 469 g/mol. The molecule has 1 saturated heterocycles. The molecule has 0 aromatic carbocycles. The number of nitrogen functional groups attached to an aromatic ring is 1. The zero-order chi connectivity index (χ0) is 18.4. The molecule has 0 amide bonds. The van der Waals surface area contributed by atoms with Gasteiger partial charge in [-0.3, -0.25) is 14.2 Å². The molecule has 1 aliphatic rings. The van der Waals surface area contributed by atoms with Gasteiger partial charge in [0.2, 0.25) is 0 Å². The van der Waals surface area contributed by atoms with Crippen LogP contribution in [0.4, 0.5) is 5.82 Å². The van der Waals surface area contributed by atoms with Crippen molar-refractivity contribution in [3.05, 3.63) is 21.2 Å². The summed E-state index contributed by atoms with van der Waals surface area (Å²) in [5, 5.41) is 20.8. The maximum Gasteiger partial charge on any atom is 0.351 e. The van der Waals surface area contributed by atoms with Crippen LogP contribution < -0.4 is 11.4 Å². The predicted octanol–water partition coefficient (Wildman–Crippen LogP) is -0.481. The van der Waals surface area contributed by atoms with E-state index in [4.69, 9.17) is 10.5 Å². The number of carbonyl (C=O) groups excluding carboxylic acids is 2. The Morgan fingerprint density at radius 2 is 2.08 bits per heavy atom. The van der Waals surface area contributed by atoms with Gasteiger partial charge in [-0.25, -0.2) is 4.79 Å². The van der Waals surface area contributed by atoms with Gasteiger partial charge in [0.05, 0.1) is 9.30 Å². The van der Waals surface area contributed by atoms with Gasteiger partial charge in [-0.15, -0.1) is 0 Å². The number of carbonyl (C=O) groups is 2. The smallest absolute Gasteiger partial charge is 0.351 e. The molecular formula is C13H15Br2N3O6. The van der Waals surface area contributed by atoms with Crippen molar-refractivity contribution < 1.29 is 24.5 Å². The Labute approximate surface area is 153 Å². The monoisotopic (exact) mass is 467 g/mol. The molecule has 1 aliphatic heterocycles. The number of aromatic nitrogens is 2. The molecule has 0 radical (unpaired) electrons. The highest BCUT2D eigenvalue weighted by Crippen LogP contribution is 2.43. The Morgan fingerprint density at radius 3 is 2.58 bits per heavy atom. The van der Waals surface area contributed by atoms with Crippen molar-refractivity contribution in [3.8, 4) is 0 Å². The largest absolute Gasteiger partial charge is 0.383 e. The molecule has 1 aromatic heterocycles. The molecule has 24 heavy (non-hydrogen) atoms. The van der Waals surface area contributed by atoms with Crippen LogP contribution >= 0.6 is 31.9 Å². The van der Waals surface area contributed by atoms with Gasteiger partial charge in [0.1, 0.15) is 18.0 Å². The summed E-state index contributed by atoms with van der Waals surface area (Å²) in [6, 6.07) is 0. The molecule has 4 N–H and O–H groups in total. The van der Waals surface area contributed by atoms with Crippen molar-refractivity contribution in [2.24, 2.45) is 0 Å². The number of hydrogen-bond acceptors (Lipinski definition) is 8. The maximum absolute atomic E-state index is 12.1. The predicted molar refractivity (Wildman–Crippen MR) is 89.6 cm³/mol. The molecule has 11 heteroatoms. The second kappa shape index (κ2) is 6.64. The average Bonchev–Trinajstić information content (AvgIpc) is 2.76. The summed E-state index contributed by atoms with van der Waals surface area (Å²) >= 11 is 6.27. The number of rotatable bonds is 4. The van der Waals surface area contributed by atoms with E-state index in [1.54, 1.807) is 0 Å². The van der Waals surface area contributed by atoms with Crippen LogP contribution in [0.1, 0.15) is 20.1 Å². The lowest BCUT2D eigenvalue weighted by atomic mass is 9.86. The van der Waals surface area contributed by atoms with Crippen molar-refractivity contribution in [1.82, 2.24) is 9.55 Å². The number of ketones is 2. The summed E-state index contributed by atoms with van der Waals surface area (Å²) in [5.74, 6) is -1.46. The third kappa shape index (κ3) is 2.94. The molecule has 1 aromatic rings. The fourth-order valence-electron chi connectivity index (χ4n) is 2.47. The zero-order valence-corrected chi connectivity index (χ0v) is 15.8. The first kappa shape index (κ1) is 19.2. The van der Waals surface area contributed by atoms with Crippen molar-refractivity contribution in [2.75, 3.05) is 5.73 Å². The first-order valence-corrected chi connectivity index (χ1v) is 8.48. The van der Waals surface area contributed by atoms with Gasteiger partial charge in [0.15, 0.2) is 23.4 Å². The lowest BCUT2D eigenvalue weighted by molar-refractivity contribution is -0.158. The minimum atomic E-state index is -2.22. The van der Waals surface area contributed by atoms with Crippen LogP contribution in [0.15, 0.2) is 15.5 Å². The molecule has 132 valence electrons. The number of Topliss-reactive ketones (excluding diaryl/α,β-unsaturated/α-hetero) is 2. The number of aliphatic hydroxyl groups is 2. The fourth-order valence-corrected chi connectivity index (χ4v) is 3.74. The molecule has 2 heterocycles. The molecule has 1 fully saturated rings. The van der Waals surface area contributed by atoms with Gasteiger partial charge in [-0.05, 0) is 29.8 Å². The third-order valence-corrected chi connectivity index (χ3v) is 5.63. The Kier molecular flexibility index (Phi) is 5.31. The number of ether oxygens (including phenoxy) is 1. The minimum Gasteiger partial charge on any atom is -0.383 e. The van der Waals surface area contributed by atoms with E-state index in [0.29, 0.717) is 4.47 Å². The van der Waals surface area contributed by atoms with E-state index >= 15 is 0 Å². The highest BCUT2D eigenvalue weighted by molar-refractivity contribution is 9.10. The lowest BCUT2D eigenvalue weighted by Crippen LogP contribution is -2.56. The molecule has 0 spiro atoms. The van der Waals surface area contributed by atoms with Crippen LogP contribution in [0.25, 0.3) is 0 Å². The highest BCUT2D eigenvalue weighted by atomic mass is 79.9. The minimum absolute atomic E-state index is 0.0393. The maximum atomic E-state index is 12.1. The van der Waals surface area contributed by atoms with Gasteiger partial charge in [0, 0.05) is 6.20 Å². The summed E-state index contributed by atoms with van der Waals surface area (Å²) in [5.41, 5.74) is 2.53. The highest BCUT2D eigenvalue weighted by Gasteiger charge is 2.61. The van der Waals surface area contributed by atoms with Gasteiger partial charge < -0.3 is 20.7 Å². The van der Waals surface area contributed by atoms with Gasteiger partial charge >= 0.3 is 5.69 Å². The molecule has 0 saturated carbocycles. The van der Waals surface area contributed by atoms with Gasteiger partial charge in [0.25, 0.3) is 0 Å². The SMILES string of the molecule is CC(=O)C(O)[C@H]1O[C@@H](n2cc(Br)c(N)nc2=O)[C@H](Br)[C@@]1(O)C(C)=O. The van der Waals surface area contributed by atoms with E-state index in [0.717, 1.165) is 18.4 Å². The number of hydrogen-bond donors (Lipinski definition) is 3. The normalized spacial score (nSPS) is 31.0. The van der Waals surface area contributed by atoms with E-state index in [9.17, 15) is 24.6 Å². The second-order valence-corrected chi connectivity index (χ2v) is 7.29. The number of anilines is 1. The van der Waals surface area contributed by atoms with E-state index in [-0.39, 0.29) is 5.82 Å². The number of nitrogens with two attached hydrogens (primary N) is 1. The zero-order valence-electron chi connectivity index (χ0n) is 12.6. The van der Waals surface area contributed by atoms with Crippen LogP contribution in [0.3, 0.4) is 0 Å². The van der Waals surface area contributed by atoms with Gasteiger partial charge in [-0.1, -0.05) is 15.9 Å². The van der Waals surface area contributed by atoms with Crippen molar-refractivity contribution >= 4 is 49.2 Å². The molecule has 1 unspecified atom stereocenters. The topological polar surface area (TPSA) is 145 Å². The van der Waals surface area contributed by atoms with Crippen LogP contribution in [-0.4, -0.2) is 54.0 Å². The van der Waals surface area contributed by atoms with E-state index in [1.165, 1.54) is 6.20 Å². The second-order valence-electron chi connectivity index (χ2n) is 5.45. The van der Waals surface area contributed by atoms with Crippen molar-refractivity contribution in [2.45, 2.75) is 42.7 Å². The van der Waals surface area contributed by atoms with E-state index < -0.39 is 46.1 Å². The Balaban J connectivity index is 2.55. The molecule has 2 rings (SSSR count). The number of aliphatic hydroxyl groups excluding tert-OH is 1. The first-order chi connectivity index (χ1) is 11.0. The summed E-state index contributed by atoms with van der Waals surface area (Å²) in [4.78, 5) is 38.0. The lowest BCUT2D eigenvalue weighted by Gasteiger charge is -2.30. The Morgan fingerprint density at radius 1 is 1.50 bits per heavy atom. The third-order valence-electron chi connectivity index (χ3n) is 3.87. The molecule has 0 aliphatic carbocycles. The Hall–Kier alpha value is -1.14. The van der Waals surface area contributed by atoms with Crippen LogP contribution in [0, 0.1) is 0 Å². The summed E-state index contributed by atoms with van der Waals surface area (Å²) in [6.45, 7) is 2.19. The molecular weight excluding hydrogens is 454 g/mol. The summed E-state index contributed by atoms with van der Waals surface area (Å²) in [6.07, 6.45) is -3.21. The van der Waals surface area contributed by atoms with E-state index in [1.807, 2.05) is 0 Å². The molecule has 5 atom stereocenters. The number of nitrogens with zero attached hydrogens (tertiary/aromatic N) is 2. The van der Waals surface area contributed by atoms with Gasteiger partial charge in [-0.2, -0.15) is 4.98 Å². The number of alkyl halides is 1. The van der Waals surface area contributed by atoms with Crippen LogP contribution in [-0.2, 0) is 14.3 Å². The fraction of sp³-hybridized carbons (Fsp3) is 0.538. The quantitative estimate of drug-likeness (QED) is 0.502. The van der Waals surface area contributed by atoms with Crippen LogP contribution in [0.5, 0.6) is 0 Å². The first-order valence-electron chi connectivity index (χ1n) is 6.77. The van der Waals surface area contributed by atoms with Crippen molar-refractivity contribution in [1.29, 1.82) is 0 Å². The van der Waals surface area contributed by atoms with Crippen molar-refractivity contribution in [3.63, 3.8) is 0 Å². The molecule has 9 nitrogen and oxygen atoms in total. The van der Waals surface area contributed by atoms with E-state index in [2.05, 4.69) is 36.8 Å². The Bertz CT molecular complexity index is 754. The summed E-state index contributed by atoms with van der Waals surface area (Å²) < 4.78 is 6.81. The standard InChI is InChI=1S/C13H15Br2N3O6/c1-4(19)7(21)9-13(23,5(2)20)8(15)11(24-9)18-3-6(14)10(16)17-12(18)22/h3,7-9,11,21,23H,1-2H3,(H2,16,17,22)/t7?,8-,9+,11+,13-/m0/s1.